The van der Waals surface area contributed by atoms with Gasteiger partial charge in [0.05, 0.1) is 0 Å². The summed E-state index contributed by atoms with van der Waals surface area (Å²) in [6.07, 6.45) is 0. The van der Waals surface area contributed by atoms with Gasteiger partial charge in [-0.1, -0.05) is 0 Å². The molecular formula is C3H10CaN2O3S. The number of nitrogens with one attached hydrogen (secondary N) is 1. The van der Waals surface area contributed by atoms with Crippen LogP contribution in [0.15, 0.2) is 0 Å². The number of urea groups is 1. The van der Waals surface area contributed by atoms with Crippen molar-refractivity contribution in [3.8, 4) is 0 Å². The number of hydrogen-bond donors (Lipinski definition) is 3. The molecule has 7 heteroatoms. The summed E-state index contributed by atoms with van der Waals surface area (Å²) in [6.45, 7) is 1.38. The van der Waals surface area contributed by atoms with Gasteiger partial charge in [-0.25, -0.2) is 9.00 Å². The van der Waals surface area contributed by atoms with Crippen LogP contribution in [-0.2, 0) is 11.1 Å². The number of amides is 2. The maximum Gasteiger partial charge on any atom is 2.00 e. The number of nitrogens with two attached hydrogens (primary N) is 1. The molecule has 10 heavy (non-hydrogen) atoms. The summed E-state index contributed by atoms with van der Waals surface area (Å²) < 4.78 is 18.3. The molecule has 2 atom stereocenters. The zero-order valence-corrected chi connectivity index (χ0v) is 8.56. The average molecular weight is 194 g/mol. The quantitative estimate of drug-likeness (QED) is 0.391. The topological polar surface area (TPSA) is 92.4 Å². The Labute approximate surface area is 94.0 Å². The van der Waals surface area contributed by atoms with E-state index in [0.29, 0.717) is 0 Å². The Morgan fingerprint density at radius 3 is 2.40 bits per heavy atom. The van der Waals surface area contributed by atoms with Crippen molar-refractivity contribution in [1.29, 1.82) is 0 Å². The van der Waals surface area contributed by atoms with Gasteiger partial charge in [0, 0.05) is 0 Å². The van der Waals surface area contributed by atoms with Crippen molar-refractivity contribution in [3.63, 3.8) is 0 Å². The fourth-order valence-electron chi connectivity index (χ4n) is 0.251. The van der Waals surface area contributed by atoms with E-state index < -0.39 is 22.5 Å². The summed E-state index contributed by atoms with van der Waals surface area (Å²) in [5.74, 6) is 0. The van der Waals surface area contributed by atoms with E-state index in [0.717, 1.165) is 0 Å². The van der Waals surface area contributed by atoms with Crippen molar-refractivity contribution in [2.45, 2.75) is 12.3 Å². The predicted octanol–water partition coefficient (Wildman–Crippen LogP) is -0.933. The third-order valence-corrected chi connectivity index (χ3v) is 1.37. The van der Waals surface area contributed by atoms with Crippen molar-refractivity contribution in [2.24, 2.45) is 5.73 Å². The second kappa shape index (κ2) is 6.36. The van der Waals surface area contributed by atoms with Gasteiger partial charge in [0.25, 0.3) is 0 Å². The summed E-state index contributed by atoms with van der Waals surface area (Å²) >= 11 is -2.04. The molecule has 5 nitrogen and oxygen atoms in total. The van der Waals surface area contributed by atoms with Gasteiger partial charge in [-0.2, -0.15) is 0 Å². The molecule has 4 N–H and O–H groups in total. The van der Waals surface area contributed by atoms with Crippen molar-refractivity contribution < 1.29 is 16.4 Å². The first-order valence-electron chi connectivity index (χ1n) is 2.19. The van der Waals surface area contributed by atoms with Crippen LogP contribution in [0.4, 0.5) is 4.79 Å². The fourth-order valence-corrected chi connectivity index (χ4v) is 0.468. The normalized spacial score (nSPS) is 14.6. The molecule has 0 saturated heterocycles. The molecular weight excluding hydrogens is 184 g/mol. The second-order valence-corrected chi connectivity index (χ2v) is 2.69. The Bertz CT molecular complexity index is 150. The Kier molecular flexibility index (Phi) is 8.42. The molecule has 0 heterocycles. The van der Waals surface area contributed by atoms with Crippen LogP contribution in [0.1, 0.15) is 9.78 Å². The molecule has 0 aromatic heterocycles. The monoisotopic (exact) mass is 194 g/mol. The third kappa shape index (κ3) is 6.76. The molecule has 2 unspecified atom stereocenters. The Hall–Kier alpha value is 0.640. The summed E-state index contributed by atoms with van der Waals surface area (Å²) in [4.78, 5) is 9.98. The van der Waals surface area contributed by atoms with Crippen LogP contribution in [0.25, 0.3) is 0 Å². The van der Waals surface area contributed by atoms with Crippen LogP contribution in [0.2, 0.25) is 0 Å². The van der Waals surface area contributed by atoms with Crippen LogP contribution >= 0.6 is 0 Å². The number of primary amides is 1. The van der Waals surface area contributed by atoms with Crippen LogP contribution < -0.4 is 11.1 Å². The standard InChI is InChI=1S/C3H8N2O3S.Ca.2H/c1-2(9(7)8)5-3(4)6;;;/h2H,1H3,(H,7,8)(H3,4,5,6);;;/q;+2;2*-1. The van der Waals surface area contributed by atoms with Crippen LogP contribution in [-0.4, -0.2) is 57.9 Å². The third-order valence-electron chi connectivity index (χ3n) is 0.648. The van der Waals surface area contributed by atoms with Crippen molar-refractivity contribution in [1.82, 2.24) is 5.32 Å². The first-order chi connectivity index (χ1) is 4.04. The summed E-state index contributed by atoms with van der Waals surface area (Å²) in [5.41, 5.74) is 4.64. The smallest absolute Gasteiger partial charge is 1.00 e. The molecule has 2 amide bonds. The number of carbonyl (C=O) groups excluding carboxylic acids is 1. The Balaban J connectivity index is -0.000000107. The van der Waals surface area contributed by atoms with Gasteiger partial charge in [-0.3, -0.25) is 0 Å². The molecule has 0 aliphatic carbocycles. The average Bonchev–Trinajstić information content (AvgIpc) is 1.63. The molecule has 0 aliphatic heterocycles. The van der Waals surface area contributed by atoms with Crippen LogP contribution in [0.3, 0.4) is 0 Å². The second-order valence-electron chi connectivity index (χ2n) is 1.43. The van der Waals surface area contributed by atoms with E-state index in [2.05, 4.69) is 5.73 Å². The first-order valence-corrected chi connectivity index (χ1v) is 3.36. The molecule has 0 aromatic rings. The molecule has 0 aliphatic rings. The van der Waals surface area contributed by atoms with E-state index in [9.17, 15) is 9.00 Å². The number of rotatable bonds is 2. The molecule has 0 aromatic carbocycles. The van der Waals surface area contributed by atoms with E-state index in [1.807, 2.05) is 5.32 Å². The summed E-state index contributed by atoms with van der Waals surface area (Å²) in [7, 11) is 0. The molecule has 58 valence electrons. The van der Waals surface area contributed by atoms with Crippen molar-refractivity contribution in [3.05, 3.63) is 0 Å². The number of carbonyl (C=O) groups is 1. The van der Waals surface area contributed by atoms with Gasteiger partial charge in [0.1, 0.15) is 5.37 Å². The minimum atomic E-state index is -2.04. The summed E-state index contributed by atoms with van der Waals surface area (Å²) in [5, 5.41) is 1.23. The molecule has 0 bridgehead atoms. The molecule has 0 spiro atoms. The zero-order chi connectivity index (χ0) is 7.44. The van der Waals surface area contributed by atoms with Gasteiger partial charge in [0.2, 0.25) is 0 Å². The minimum Gasteiger partial charge on any atom is -1.00 e. The molecule has 0 fully saturated rings. The van der Waals surface area contributed by atoms with E-state index in [1.165, 1.54) is 6.92 Å². The van der Waals surface area contributed by atoms with Crippen LogP contribution in [0, 0.1) is 0 Å². The zero-order valence-electron chi connectivity index (χ0n) is 7.53. The van der Waals surface area contributed by atoms with Gasteiger partial charge >= 0.3 is 43.8 Å². The minimum absolute atomic E-state index is 0. The van der Waals surface area contributed by atoms with Gasteiger partial charge in [0.15, 0.2) is 11.1 Å². The van der Waals surface area contributed by atoms with Crippen molar-refractivity contribution in [2.75, 3.05) is 0 Å². The van der Waals surface area contributed by atoms with E-state index in [1.54, 1.807) is 0 Å². The van der Waals surface area contributed by atoms with Gasteiger partial charge in [-0.15, -0.1) is 0 Å². The molecule has 0 rings (SSSR count). The van der Waals surface area contributed by atoms with E-state index in [4.69, 9.17) is 4.55 Å². The number of hydrogen-bond acceptors (Lipinski definition) is 2. The maximum absolute atomic E-state index is 10.1. The first kappa shape index (κ1) is 13.2. The largest absolute Gasteiger partial charge is 2.00 e. The fraction of sp³-hybridized carbons (Fsp3) is 0.667. The molecule has 0 radical (unpaired) electrons. The maximum atomic E-state index is 10.1. The van der Waals surface area contributed by atoms with Gasteiger partial charge in [-0.05, 0) is 6.92 Å². The SMILES string of the molecule is CC(NC(N)=O)S(=O)O.[Ca+2].[H-].[H-]. The Morgan fingerprint density at radius 2 is 2.30 bits per heavy atom. The van der Waals surface area contributed by atoms with Crippen molar-refractivity contribution >= 4 is 54.8 Å². The Morgan fingerprint density at radius 1 is 1.90 bits per heavy atom. The predicted molar refractivity (Wildman–Crippen MR) is 40.9 cm³/mol. The van der Waals surface area contributed by atoms with E-state index in [-0.39, 0.29) is 40.6 Å². The van der Waals surface area contributed by atoms with Crippen LogP contribution in [0.5, 0.6) is 0 Å². The van der Waals surface area contributed by atoms with E-state index >= 15 is 0 Å². The van der Waals surface area contributed by atoms with Gasteiger partial charge < -0.3 is 18.5 Å². The molecule has 0 saturated carbocycles. The summed E-state index contributed by atoms with van der Waals surface area (Å²) in [6, 6.07) is -0.801.